The molecule has 0 unspecified atom stereocenters. The zero-order valence-corrected chi connectivity index (χ0v) is 11.5. The van der Waals surface area contributed by atoms with Gasteiger partial charge < -0.3 is 5.11 Å². The first kappa shape index (κ1) is 12.3. The van der Waals surface area contributed by atoms with Crippen LogP contribution in [0, 0.1) is 13.8 Å². The van der Waals surface area contributed by atoms with Crippen molar-refractivity contribution < 1.29 is 5.11 Å². The van der Waals surface area contributed by atoms with Crippen molar-refractivity contribution in [3.63, 3.8) is 0 Å². The fourth-order valence-electron chi connectivity index (χ4n) is 1.93. The minimum absolute atomic E-state index is 0.578. The fraction of sp³-hybridized carbons (Fsp3) is 0.200. The van der Waals surface area contributed by atoms with Crippen molar-refractivity contribution in [2.75, 3.05) is 0 Å². The summed E-state index contributed by atoms with van der Waals surface area (Å²) in [7, 11) is 0. The Hall–Kier alpha value is -1.12. The number of hydrogen-bond donors (Lipinski definition) is 1. The molecule has 88 valence electrons. The van der Waals surface area contributed by atoms with E-state index < -0.39 is 6.10 Å². The molecule has 2 rings (SSSR count). The molecular formula is C15H15BrO. The van der Waals surface area contributed by atoms with Crippen molar-refractivity contribution in [2.24, 2.45) is 0 Å². The SMILES string of the molecule is Cc1cccc([C@@H](O)c2ccccc2Br)c1C. The highest BCUT2D eigenvalue weighted by Gasteiger charge is 2.15. The van der Waals surface area contributed by atoms with E-state index in [2.05, 4.69) is 28.9 Å². The fourth-order valence-corrected chi connectivity index (χ4v) is 2.44. The lowest BCUT2D eigenvalue weighted by atomic mass is 9.95. The van der Waals surface area contributed by atoms with Crippen LogP contribution in [0.3, 0.4) is 0 Å². The van der Waals surface area contributed by atoms with Crippen molar-refractivity contribution in [3.8, 4) is 0 Å². The van der Waals surface area contributed by atoms with Crippen LogP contribution in [0.25, 0.3) is 0 Å². The van der Waals surface area contributed by atoms with Gasteiger partial charge in [-0.15, -0.1) is 0 Å². The van der Waals surface area contributed by atoms with E-state index in [1.165, 1.54) is 5.56 Å². The number of halogens is 1. The van der Waals surface area contributed by atoms with Gasteiger partial charge in [-0.1, -0.05) is 52.3 Å². The van der Waals surface area contributed by atoms with Crippen LogP contribution in [-0.4, -0.2) is 5.11 Å². The van der Waals surface area contributed by atoms with Gasteiger partial charge >= 0.3 is 0 Å². The molecule has 17 heavy (non-hydrogen) atoms. The van der Waals surface area contributed by atoms with Crippen LogP contribution in [0.2, 0.25) is 0 Å². The maximum Gasteiger partial charge on any atom is 0.105 e. The third-order valence-electron chi connectivity index (χ3n) is 3.14. The molecule has 0 aromatic heterocycles. The van der Waals surface area contributed by atoms with Crippen LogP contribution >= 0.6 is 15.9 Å². The van der Waals surface area contributed by atoms with E-state index in [9.17, 15) is 5.11 Å². The van der Waals surface area contributed by atoms with E-state index in [-0.39, 0.29) is 0 Å². The predicted octanol–water partition coefficient (Wildman–Crippen LogP) is 4.15. The molecule has 2 aromatic rings. The summed E-state index contributed by atoms with van der Waals surface area (Å²) in [5.74, 6) is 0. The lowest BCUT2D eigenvalue weighted by Gasteiger charge is -2.16. The molecule has 1 nitrogen and oxygen atoms in total. The van der Waals surface area contributed by atoms with E-state index in [1.807, 2.05) is 43.3 Å². The van der Waals surface area contributed by atoms with Gasteiger partial charge in [-0.05, 0) is 42.2 Å². The quantitative estimate of drug-likeness (QED) is 0.881. The van der Waals surface area contributed by atoms with Crippen molar-refractivity contribution in [3.05, 3.63) is 69.2 Å². The highest BCUT2D eigenvalue weighted by molar-refractivity contribution is 9.10. The van der Waals surface area contributed by atoms with Gasteiger partial charge in [-0.3, -0.25) is 0 Å². The highest BCUT2D eigenvalue weighted by Crippen LogP contribution is 2.30. The summed E-state index contributed by atoms with van der Waals surface area (Å²) < 4.78 is 0.938. The van der Waals surface area contributed by atoms with Gasteiger partial charge in [0.25, 0.3) is 0 Å². The molecule has 2 aromatic carbocycles. The lowest BCUT2D eigenvalue weighted by molar-refractivity contribution is 0.218. The predicted molar refractivity (Wildman–Crippen MR) is 74.1 cm³/mol. The average molecular weight is 291 g/mol. The molecule has 0 aliphatic carbocycles. The van der Waals surface area contributed by atoms with Crippen molar-refractivity contribution in [1.29, 1.82) is 0 Å². The summed E-state index contributed by atoms with van der Waals surface area (Å²) in [4.78, 5) is 0. The van der Waals surface area contributed by atoms with Crippen LogP contribution in [0.15, 0.2) is 46.9 Å². The number of benzene rings is 2. The topological polar surface area (TPSA) is 20.2 Å². The van der Waals surface area contributed by atoms with E-state index >= 15 is 0 Å². The second-order valence-electron chi connectivity index (χ2n) is 4.21. The van der Waals surface area contributed by atoms with Gasteiger partial charge in [0.1, 0.15) is 6.10 Å². The Balaban J connectivity index is 2.48. The van der Waals surface area contributed by atoms with Crippen molar-refractivity contribution >= 4 is 15.9 Å². The van der Waals surface area contributed by atoms with Gasteiger partial charge in [0, 0.05) is 4.47 Å². The van der Waals surface area contributed by atoms with Gasteiger partial charge in [0.05, 0.1) is 0 Å². The molecule has 1 atom stereocenters. The molecule has 0 heterocycles. The zero-order valence-electron chi connectivity index (χ0n) is 9.94. The van der Waals surface area contributed by atoms with Crippen LogP contribution in [0.5, 0.6) is 0 Å². The monoisotopic (exact) mass is 290 g/mol. The standard InChI is InChI=1S/C15H15BrO/c1-10-6-5-8-12(11(10)2)15(17)13-7-3-4-9-14(13)16/h3-9,15,17H,1-2H3/t15-/m1/s1. The second-order valence-corrected chi connectivity index (χ2v) is 5.07. The molecule has 1 N–H and O–H groups in total. The molecule has 2 heteroatoms. The molecule has 0 fully saturated rings. The second kappa shape index (κ2) is 5.03. The summed E-state index contributed by atoms with van der Waals surface area (Å²) in [6.07, 6.45) is -0.578. The Labute approximate surface area is 110 Å². The van der Waals surface area contributed by atoms with Gasteiger partial charge in [0.2, 0.25) is 0 Å². The number of rotatable bonds is 2. The van der Waals surface area contributed by atoms with Crippen LogP contribution < -0.4 is 0 Å². The first-order valence-corrected chi connectivity index (χ1v) is 6.39. The summed E-state index contributed by atoms with van der Waals surface area (Å²) in [6.45, 7) is 4.11. The van der Waals surface area contributed by atoms with E-state index in [4.69, 9.17) is 0 Å². The molecule has 0 radical (unpaired) electrons. The minimum Gasteiger partial charge on any atom is -0.384 e. The molecule has 0 saturated heterocycles. The summed E-state index contributed by atoms with van der Waals surface area (Å²) in [6, 6.07) is 13.8. The third-order valence-corrected chi connectivity index (χ3v) is 3.86. The average Bonchev–Trinajstić information content (AvgIpc) is 2.32. The molecule has 0 spiro atoms. The van der Waals surface area contributed by atoms with Crippen molar-refractivity contribution in [1.82, 2.24) is 0 Å². The minimum atomic E-state index is -0.578. The van der Waals surface area contributed by atoms with Crippen molar-refractivity contribution in [2.45, 2.75) is 20.0 Å². The van der Waals surface area contributed by atoms with Crippen LogP contribution in [0.1, 0.15) is 28.4 Å². The Kier molecular flexibility index (Phi) is 3.65. The van der Waals surface area contributed by atoms with Gasteiger partial charge in [0.15, 0.2) is 0 Å². The molecular weight excluding hydrogens is 276 g/mol. The first-order valence-electron chi connectivity index (χ1n) is 5.60. The number of aliphatic hydroxyl groups is 1. The Morgan fingerprint density at radius 2 is 1.59 bits per heavy atom. The number of aliphatic hydroxyl groups excluding tert-OH is 1. The molecule has 0 bridgehead atoms. The smallest absolute Gasteiger partial charge is 0.105 e. The summed E-state index contributed by atoms with van der Waals surface area (Å²) >= 11 is 3.48. The van der Waals surface area contributed by atoms with Crippen LogP contribution in [-0.2, 0) is 0 Å². The van der Waals surface area contributed by atoms with E-state index in [0.29, 0.717) is 0 Å². The van der Waals surface area contributed by atoms with Gasteiger partial charge in [-0.2, -0.15) is 0 Å². The highest BCUT2D eigenvalue weighted by atomic mass is 79.9. The summed E-state index contributed by atoms with van der Waals surface area (Å²) in [5, 5.41) is 10.4. The molecule has 0 amide bonds. The Bertz CT molecular complexity index is 534. The molecule has 0 aliphatic rings. The number of aryl methyl sites for hydroxylation is 1. The maximum absolute atomic E-state index is 10.4. The Morgan fingerprint density at radius 3 is 2.29 bits per heavy atom. The maximum atomic E-state index is 10.4. The van der Waals surface area contributed by atoms with E-state index in [1.54, 1.807) is 0 Å². The van der Waals surface area contributed by atoms with Crippen LogP contribution in [0.4, 0.5) is 0 Å². The third kappa shape index (κ3) is 2.43. The molecule has 0 saturated carbocycles. The lowest BCUT2D eigenvalue weighted by Crippen LogP contribution is -2.03. The first-order chi connectivity index (χ1) is 8.11. The molecule has 0 aliphatic heterocycles. The Morgan fingerprint density at radius 1 is 0.941 bits per heavy atom. The summed E-state index contributed by atoms with van der Waals surface area (Å²) in [5.41, 5.74) is 4.22. The van der Waals surface area contributed by atoms with E-state index in [0.717, 1.165) is 21.2 Å². The largest absolute Gasteiger partial charge is 0.384 e. The zero-order chi connectivity index (χ0) is 12.4. The van der Waals surface area contributed by atoms with Gasteiger partial charge in [-0.25, -0.2) is 0 Å². The number of hydrogen-bond acceptors (Lipinski definition) is 1. The normalized spacial score (nSPS) is 12.5.